The number of phenols is 2. The van der Waals surface area contributed by atoms with Crippen molar-refractivity contribution in [1.82, 2.24) is 0 Å². The Bertz CT molecular complexity index is 2330. The molecule has 0 unspecified atom stereocenters. The van der Waals surface area contributed by atoms with Gasteiger partial charge in [-0.1, -0.05) is 6.07 Å². The molecule has 5 aliphatic rings. The summed E-state index contributed by atoms with van der Waals surface area (Å²) in [7, 11) is 1.35. The molecular weight excluding hydrogens is 884 g/mol. The molecule has 4 heterocycles. The highest BCUT2D eigenvalue weighted by Crippen LogP contribution is 2.43. The number of fused-ring (bicyclic) bond motifs is 1. The van der Waals surface area contributed by atoms with Crippen LogP contribution in [0.5, 0.6) is 28.7 Å². The van der Waals surface area contributed by atoms with Crippen molar-refractivity contribution in [3.8, 4) is 51.4 Å². The summed E-state index contributed by atoms with van der Waals surface area (Å²) in [6.07, 6.45) is -24.5. The van der Waals surface area contributed by atoms with Crippen molar-refractivity contribution in [3.63, 3.8) is 0 Å². The van der Waals surface area contributed by atoms with E-state index < -0.39 is 123 Å². The average Bonchev–Trinajstić information content (AvgIpc) is 3.30. The number of aromatic hydroxyl groups is 2. The molecule has 1 aliphatic carbocycles. The van der Waals surface area contributed by atoms with E-state index >= 15 is 0 Å². The molecule has 0 spiro atoms. The molecule has 0 radical (unpaired) electrons. The fourth-order valence-electron chi connectivity index (χ4n) is 7.37. The number of ether oxygens (including phenoxy) is 8. The summed E-state index contributed by atoms with van der Waals surface area (Å²) >= 11 is 0. The van der Waals surface area contributed by atoms with Gasteiger partial charge in [-0.15, -0.1) is 0 Å². The van der Waals surface area contributed by atoms with Gasteiger partial charge in [-0.25, -0.2) is 0 Å². The van der Waals surface area contributed by atoms with E-state index in [4.69, 9.17) is 42.3 Å². The van der Waals surface area contributed by atoms with Gasteiger partial charge in [0.2, 0.25) is 19.2 Å². The van der Waals surface area contributed by atoms with E-state index in [1.807, 2.05) is 0 Å². The second-order valence-corrected chi connectivity index (χ2v) is 15.5. The van der Waals surface area contributed by atoms with Crippen molar-refractivity contribution in [2.24, 2.45) is 0 Å². The van der Waals surface area contributed by atoms with Crippen molar-refractivity contribution in [3.05, 3.63) is 82.5 Å². The van der Waals surface area contributed by atoms with Gasteiger partial charge in [-0.05, 0) is 54.1 Å². The number of hydrogen-bond acceptors (Lipinski definition) is 22. The Hall–Kier alpha value is -5.48. The van der Waals surface area contributed by atoms with Gasteiger partial charge in [0.15, 0.2) is 46.9 Å². The van der Waals surface area contributed by atoms with Crippen LogP contribution in [0.25, 0.3) is 28.7 Å². The minimum Gasteiger partial charge on any atom is -0.508 e. The number of aliphatic hydroxyl groups excluding tert-OH is 10. The van der Waals surface area contributed by atoms with Crippen LogP contribution in [-0.2, 0) is 23.7 Å². The Morgan fingerprint density at radius 1 is 0.667 bits per heavy atom. The second-order valence-electron chi connectivity index (χ2n) is 15.5. The standard InChI is InChI=1S/C43H48O23/c1-58-25-10-17(2-8-22(25)48)3-9-30(49)59-16-29-33(52)36(55)40(66-42-38(57)35(54)32(51)28(15-45)64-42)43(65-29)62-26-13-21-23(60-39(26)18-4-6-19(46)7-5-18)11-20(47)12-24(21)61-41-37(56)34(53)31(50)27(14-44)63-41/h2-13,27-29,31-38,40-46,48,50-57H,14-16H2,1H3/p+1/t27-,28-,29+,31-,32-,33-,34+,35+,36+,37-,38-,40+,41-,42+,43-/m1/s1. The number of phenolic OH excluding ortho intramolecular Hbond substituents is 2. The molecule has 2 aromatic carbocycles. The van der Waals surface area contributed by atoms with Crippen molar-refractivity contribution >= 4 is 12.0 Å². The zero-order valence-electron chi connectivity index (χ0n) is 34.6. The molecule has 2 aromatic rings. The average molecular weight is 934 g/mol. The van der Waals surface area contributed by atoms with Crippen molar-refractivity contribution < 1.29 is 108 Å². The topological polar surface area (TPSA) is 368 Å². The van der Waals surface area contributed by atoms with Crippen LogP contribution in [0.15, 0.2) is 76.0 Å². The lowest BCUT2D eigenvalue weighted by Gasteiger charge is -2.45. The van der Waals surface area contributed by atoms with E-state index in [0.29, 0.717) is 5.56 Å². The van der Waals surface area contributed by atoms with Crippen LogP contribution in [-0.4, -0.2) is 191 Å². The van der Waals surface area contributed by atoms with E-state index in [2.05, 4.69) is 0 Å². The molecule has 13 N–H and O–H groups in total. The van der Waals surface area contributed by atoms with Crippen LogP contribution in [0.3, 0.4) is 0 Å². The van der Waals surface area contributed by atoms with Gasteiger partial charge in [0.25, 0.3) is 0 Å². The highest BCUT2D eigenvalue weighted by atomic mass is 16.8. The van der Waals surface area contributed by atoms with Crippen molar-refractivity contribution in [2.75, 3.05) is 26.9 Å². The Balaban J connectivity index is 1.25. The molecule has 0 bridgehead atoms. The van der Waals surface area contributed by atoms with Crippen LogP contribution in [0.1, 0.15) is 5.56 Å². The molecule has 3 saturated heterocycles. The summed E-state index contributed by atoms with van der Waals surface area (Å²) in [5.74, 6) is -1.80. The zero-order chi connectivity index (χ0) is 47.6. The lowest BCUT2D eigenvalue weighted by Crippen LogP contribution is -2.65. The van der Waals surface area contributed by atoms with Crippen LogP contribution >= 0.6 is 0 Å². The second kappa shape index (κ2) is 20.6. The molecule has 3 fully saturated rings. The molecule has 23 nitrogen and oxygen atoms in total. The molecule has 66 heavy (non-hydrogen) atoms. The Kier molecular flexibility index (Phi) is 15.1. The minimum absolute atomic E-state index is 0.0654. The largest absolute Gasteiger partial charge is 0.510 e. The maximum atomic E-state index is 13.0. The molecule has 4 aliphatic heterocycles. The first-order valence-electron chi connectivity index (χ1n) is 20.3. The summed E-state index contributed by atoms with van der Waals surface area (Å²) in [5.41, 5.74) is -0.0661. The summed E-state index contributed by atoms with van der Waals surface area (Å²) in [6.45, 7) is -2.31. The molecule has 15 atom stereocenters. The van der Waals surface area contributed by atoms with Gasteiger partial charge in [-0.3, -0.25) is 4.79 Å². The Morgan fingerprint density at radius 3 is 1.92 bits per heavy atom. The minimum atomic E-state index is -2.03. The number of benzene rings is 3. The monoisotopic (exact) mass is 933 g/mol. The molecule has 0 aromatic heterocycles. The molecule has 7 rings (SSSR count). The van der Waals surface area contributed by atoms with E-state index in [1.165, 1.54) is 61.7 Å². The van der Waals surface area contributed by atoms with Gasteiger partial charge in [0, 0.05) is 17.7 Å². The highest BCUT2D eigenvalue weighted by molar-refractivity contribution is 5.88. The molecule has 0 amide bonds. The van der Waals surface area contributed by atoms with Crippen molar-refractivity contribution in [2.45, 2.75) is 92.1 Å². The molecule has 358 valence electrons. The highest BCUT2D eigenvalue weighted by Gasteiger charge is 2.53. The van der Waals surface area contributed by atoms with Gasteiger partial charge in [0.1, 0.15) is 78.3 Å². The van der Waals surface area contributed by atoms with Crippen molar-refractivity contribution in [1.29, 1.82) is 0 Å². The lowest BCUT2D eigenvalue weighted by molar-refractivity contribution is -0.357. The van der Waals surface area contributed by atoms with Crippen LogP contribution in [0.2, 0.25) is 0 Å². The zero-order valence-corrected chi connectivity index (χ0v) is 34.6. The van der Waals surface area contributed by atoms with E-state index in [0.717, 1.165) is 18.2 Å². The number of carbonyl (C=O) groups excluding carboxylic acids is 1. The van der Waals surface area contributed by atoms with Gasteiger partial charge < -0.3 is 108 Å². The summed E-state index contributed by atoms with van der Waals surface area (Å²) in [6, 6.07) is 13.0. The molecule has 0 saturated carbocycles. The van der Waals surface area contributed by atoms with Crippen LogP contribution in [0.4, 0.5) is 0 Å². The molecule has 23 heteroatoms. The van der Waals surface area contributed by atoms with E-state index in [-0.39, 0.29) is 51.4 Å². The Labute approximate surface area is 372 Å². The Morgan fingerprint density at radius 2 is 1.27 bits per heavy atom. The first-order chi connectivity index (χ1) is 31.5. The lowest BCUT2D eigenvalue weighted by atomic mass is 9.97. The number of aliphatic hydroxyl groups is 10. The number of hydrogen-bond donors (Lipinski definition) is 12. The number of rotatable bonds is 14. The third-order valence-electron chi connectivity index (χ3n) is 11.1. The SMILES string of the molecule is COc1cc(C=CC(=[OH+])OC[C@@H]2O[C@@H](Oc3cc4c(O[C@@H]5O[C@H](CO)[C@@H](O)[C@H](O)[C@H]5O)cc(=O)cc-4oc3-c3ccc(O)cc3)[C@@H](O[C@@H]3O[C@H](CO)[C@@H](O)[C@H](O)[C@H]3O)[C@@H](O)[C@@H]2O)ccc1O. The fourth-order valence-corrected chi connectivity index (χ4v) is 7.37. The maximum absolute atomic E-state index is 13.0. The molecular formula is C43H49O23+. The third kappa shape index (κ3) is 10.2. The number of esters is 1. The van der Waals surface area contributed by atoms with Gasteiger partial charge in [0.05, 0.1) is 32.0 Å². The van der Waals surface area contributed by atoms with Gasteiger partial charge >= 0.3 is 5.97 Å². The first-order valence-corrected chi connectivity index (χ1v) is 20.3. The first kappa shape index (κ1) is 48.5. The van der Waals surface area contributed by atoms with Gasteiger partial charge in [-0.2, -0.15) is 0 Å². The summed E-state index contributed by atoms with van der Waals surface area (Å²) < 4.78 is 52.0. The van der Waals surface area contributed by atoms with E-state index in [9.17, 15) is 70.9 Å². The quantitative estimate of drug-likeness (QED) is 0.0346. The summed E-state index contributed by atoms with van der Waals surface area (Å²) in [5, 5.41) is 126. The van der Waals surface area contributed by atoms with E-state index in [1.54, 1.807) is 0 Å². The maximum Gasteiger partial charge on any atom is 0.510 e. The summed E-state index contributed by atoms with van der Waals surface area (Å²) in [4.78, 5) is 23.6. The smallest absolute Gasteiger partial charge is 0.508 e. The normalized spacial score (nSPS) is 32.6. The predicted molar refractivity (Wildman–Crippen MR) is 220 cm³/mol. The number of methoxy groups -OCH3 is 1. The third-order valence-corrected chi connectivity index (χ3v) is 11.1. The fraction of sp³-hybridized carbons (Fsp3) is 0.442. The van der Waals surface area contributed by atoms with Crippen LogP contribution < -0.4 is 19.6 Å². The van der Waals surface area contributed by atoms with Crippen LogP contribution in [0, 0.1) is 0 Å². The predicted octanol–water partition coefficient (Wildman–Crippen LogP) is -2.75.